The van der Waals surface area contributed by atoms with Crippen LogP contribution in [0.4, 0.5) is 5.69 Å². The third kappa shape index (κ3) is 2.49. The van der Waals surface area contributed by atoms with Crippen molar-refractivity contribution >= 4 is 27.5 Å². The number of piperidine rings is 1. The highest BCUT2D eigenvalue weighted by Gasteiger charge is 2.44. The van der Waals surface area contributed by atoms with E-state index >= 15 is 0 Å². The number of anilines is 1. The van der Waals surface area contributed by atoms with E-state index in [-0.39, 0.29) is 11.9 Å². The molecule has 2 atom stereocenters. The predicted molar refractivity (Wildman–Crippen MR) is 101 cm³/mol. The van der Waals surface area contributed by atoms with Crippen molar-refractivity contribution in [2.24, 2.45) is 0 Å². The van der Waals surface area contributed by atoms with Crippen molar-refractivity contribution < 1.29 is 4.79 Å². The number of nitrogens with zero attached hydrogens (tertiary/aromatic N) is 2. The van der Waals surface area contributed by atoms with Crippen molar-refractivity contribution in [3.8, 4) is 0 Å². The minimum atomic E-state index is 0.102. The molecule has 0 aliphatic carbocycles. The zero-order chi connectivity index (χ0) is 16.8. The van der Waals surface area contributed by atoms with Crippen LogP contribution in [0.5, 0.6) is 0 Å². The van der Waals surface area contributed by atoms with Crippen LogP contribution < -0.4 is 4.90 Å². The van der Waals surface area contributed by atoms with Gasteiger partial charge in [-0.15, -0.1) is 0 Å². The van der Waals surface area contributed by atoms with Crippen molar-refractivity contribution in [2.75, 3.05) is 25.0 Å². The number of likely N-dealkylation sites (N-methyl/N-ethyl adjacent to an activating group) is 1. The first-order valence-electron chi connectivity index (χ1n) is 8.43. The first-order valence-corrected chi connectivity index (χ1v) is 9.23. The molecule has 2 unspecified atom stereocenters. The zero-order valence-corrected chi connectivity index (χ0v) is 15.6. The SMILES string of the molecule is Cc1ccc2c(c1)C1CN(C)CCC1N2C(=O)c1ccccc1Br. The lowest BCUT2D eigenvalue weighted by Crippen LogP contribution is -2.47. The summed E-state index contributed by atoms with van der Waals surface area (Å²) in [5.41, 5.74) is 4.41. The Morgan fingerprint density at radius 3 is 2.79 bits per heavy atom. The van der Waals surface area contributed by atoms with Gasteiger partial charge in [0.25, 0.3) is 5.91 Å². The Bertz CT molecular complexity index is 804. The van der Waals surface area contributed by atoms with Gasteiger partial charge in [0.05, 0.1) is 5.56 Å². The Morgan fingerprint density at radius 2 is 2.00 bits per heavy atom. The summed E-state index contributed by atoms with van der Waals surface area (Å²) in [5.74, 6) is 0.509. The fourth-order valence-electron chi connectivity index (χ4n) is 4.11. The van der Waals surface area contributed by atoms with E-state index in [1.807, 2.05) is 29.2 Å². The highest BCUT2D eigenvalue weighted by atomic mass is 79.9. The van der Waals surface area contributed by atoms with Gasteiger partial charge in [-0.05, 0) is 66.6 Å². The fourth-order valence-corrected chi connectivity index (χ4v) is 4.57. The Labute approximate surface area is 151 Å². The molecule has 124 valence electrons. The molecular formula is C20H21BrN2O. The number of hydrogen-bond donors (Lipinski definition) is 0. The van der Waals surface area contributed by atoms with Gasteiger partial charge in [-0.2, -0.15) is 0 Å². The summed E-state index contributed by atoms with van der Waals surface area (Å²) >= 11 is 3.54. The van der Waals surface area contributed by atoms with Crippen molar-refractivity contribution in [1.29, 1.82) is 0 Å². The number of likely N-dealkylation sites (tertiary alicyclic amines) is 1. The molecule has 24 heavy (non-hydrogen) atoms. The second-order valence-electron chi connectivity index (χ2n) is 6.94. The number of amides is 1. The molecule has 3 nitrogen and oxygen atoms in total. The number of aryl methyl sites for hydroxylation is 1. The predicted octanol–water partition coefficient (Wildman–Crippen LogP) is 4.21. The van der Waals surface area contributed by atoms with Crippen molar-refractivity contribution in [3.63, 3.8) is 0 Å². The van der Waals surface area contributed by atoms with Crippen LogP contribution in [0.3, 0.4) is 0 Å². The van der Waals surface area contributed by atoms with Crippen LogP contribution in [-0.2, 0) is 0 Å². The van der Waals surface area contributed by atoms with Crippen LogP contribution in [0, 0.1) is 6.92 Å². The van der Waals surface area contributed by atoms with E-state index in [9.17, 15) is 4.79 Å². The molecule has 1 saturated heterocycles. The second-order valence-corrected chi connectivity index (χ2v) is 7.80. The summed E-state index contributed by atoms with van der Waals surface area (Å²) in [7, 11) is 2.17. The van der Waals surface area contributed by atoms with Crippen LogP contribution in [0.25, 0.3) is 0 Å². The van der Waals surface area contributed by atoms with Gasteiger partial charge in [-0.25, -0.2) is 0 Å². The van der Waals surface area contributed by atoms with Gasteiger partial charge in [-0.1, -0.05) is 29.8 Å². The van der Waals surface area contributed by atoms with Crippen molar-refractivity contribution in [3.05, 3.63) is 63.6 Å². The Kier molecular flexibility index (Phi) is 3.97. The van der Waals surface area contributed by atoms with Crippen LogP contribution in [0.2, 0.25) is 0 Å². The van der Waals surface area contributed by atoms with Gasteiger partial charge in [0, 0.05) is 28.7 Å². The van der Waals surface area contributed by atoms with Crippen LogP contribution in [0.15, 0.2) is 46.9 Å². The van der Waals surface area contributed by atoms with E-state index in [0.717, 1.165) is 35.2 Å². The number of halogens is 1. The van der Waals surface area contributed by atoms with E-state index < -0.39 is 0 Å². The molecule has 0 N–H and O–H groups in total. The molecule has 0 aromatic heterocycles. The maximum absolute atomic E-state index is 13.3. The number of hydrogen-bond acceptors (Lipinski definition) is 2. The molecule has 0 saturated carbocycles. The Balaban J connectivity index is 1.81. The first-order chi connectivity index (χ1) is 11.6. The zero-order valence-electron chi connectivity index (χ0n) is 14.0. The molecule has 2 aliphatic heterocycles. The van der Waals surface area contributed by atoms with Crippen LogP contribution in [0.1, 0.15) is 33.8 Å². The number of benzene rings is 2. The summed E-state index contributed by atoms with van der Waals surface area (Å²) in [5, 5.41) is 0. The lowest BCUT2D eigenvalue weighted by Gasteiger charge is -2.36. The number of carbonyl (C=O) groups is 1. The number of carbonyl (C=O) groups excluding carboxylic acids is 1. The van der Waals surface area contributed by atoms with Crippen LogP contribution in [-0.4, -0.2) is 37.0 Å². The third-order valence-corrected chi connectivity index (χ3v) is 5.97. The topological polar surface area (TPSA) is 23.6 Å². The third-order valence-electron chi connectivity index (χ3n) is 5.28. The average molecular weight is 385 g/mol. The quantitative estimate of drug-likeness (QED) is 0.735. The molecule has 2 aromatic carbocycles. The number of rotatable bonds is 1. The molecular weight excluding hydrogens is 364 g/mol. The van der Waals surface area contributed by atoms with Crippen molar-refractivity contribution in [1.82, 2.24) is 4.90 Å². The van der Waals surface area contributed by atoms with E-state index in [2.05, 4.69) is 53.0 Å². The molecule has 0 bridgehead atoms. The number of fused-ring (bicyclic) bond motifs is 3. The minimum Gasteiger partial charge on any atom is -0.306 e. The van der Waals surface area contributed by atoms with Gasteiger partial charge in [0.15, 0.2) is 0 Å². The normalized spacial score (nSPS) is 23.0. The molecule has 2 aliphatic rings. The maximum Gasteiger partial charge on any atom is 0.259 e. The molecule has 0 radical (unpaired) electrons. The lowest BCUT2D eigenvalue weighted by atomic mass is 9.88. The largest absolute Gasteiger partial charge is 0.306 e. The average Bonchev–Trinajstić information content (AvgIpc) is 2.88. The molecule has 2 heterocycles. The summed E-state index contributed by atoms with van der Waals surface area (Å²) in [6.07, 6.45) is 1.02. The minimum absolute atomic E-state index is 0.102. The van der Waals surface area contributed by atoms with Gasteiger partial charge in [0.1, 0.15) is 0 Å². The van der Waals surface area contributed by atoms with E-state index in [1.165, 1.54) is 11.1 Å². The highest BCUT2D eigenvalue weighted by molar-refractivity contribution is 9.10. The fraction of sp³-hybridized carbons (Fsp3) is 0.350. The van der Waals surface area contributed by atoms with Gasteiger partial charge in [0.2, 0.25) is 0 Å². The summed E-state index contributed by atoms with van der Waals surface area (Å²) in [6, 6.07) is 14.5. The highest BCUT2D eigenvalue weighted by Crippen LogP contribution is 2.45. The standard InChI is InChI=1S/C20H21BrN2O/c1-13-7-8-18-15(11-13)16-12-22(2)10-9-19(16)23(18)20(24)14-5-3-4-6-17(14)21/h3-8,11,16,19H,9-10,12H2,1-2H3. The maximum atomic E-state index is 13.3. The van der Waals surface area contributed by atoms with Gasteiger partial charge in [-0.3, -0.25) is 4.79 Å². The summed E-state index contributed by atoms with van der Waals surface area (Å²) < 4.78 is 0.861. The summed E-state index contributed by atoms with van der Waals surface area (Å²) in [6.45, 7) is 4.18. The monoisotopic (exact) mass is 384 g/mol. The van der Waals surface area contributed by atoms with E-state index in [4.69, 9.17) is 0 Å². The smallest absolute Gasteiger partial charge is 0.259 e. The molecule has 4 rings (SSSR count). The lowest BCUT2D eigenvalue weighted by molar-refractivity contribution is 0.0964. The summed E-state index contributed by atoms with van der Waals surface area (Å²) in [4.78, 5) is 17.8. The second kappa shape index (κ2) is 6.01. The van der Waals surface area contributed by atoms with E-state index in [1.54, 1.807) is 0 Å². The molecule has 1 fully saturated rings. The Morgan fingerprint density at radius 1 is 1.21 bits per heavy atom. The Hall–Kier alpha value is -1.65. The van der Waals surface area contributed by atoms with E-state index in [0.29, 0.717) is 5.92 Å². The molecule has 0 spiro atoms. The molecule has 2 aromatic rings. The van der Waals surface area contributed by atoms with Gasteiger partial charge < -0.3 is 9.80 Å². The van der Waals surface area contributed by atoms with Crippen molar-refractivity contribution in [2.45, 2.75) is 25.3 Å². The molecule has 4 heteroatoms. The molecule has 1 amide bonds. The van der Waals surface area contributed by atoms with Gasteiger partial charge >= 0.3 is 0 Å². The first kappa shape index (κ1) is 15.9. The van der Waals surface area contributed by atoms with Crippen LogP contribution >= 0.6 is 15.9 Å².